The van der Waals surface area contributed by atoms with Gasteiger partial charge in [0, 0.05) is 15.7 Å². The molecule has 138 valence electrons. The van der Waals surface area contributed by atoms with Crippen molar-refractivity contribution in [2.45, 2.75) is 26.4 Å². The summed E-state index contributed by atoms with van der Waals surface area (Å²) >= 11 is 3.37. The van der Waals surface area contributed by atoms with Crippen molar-refractivity contribution in [3.63, 3.8) is 0 Å². The van der Waals surface area contributed by atoms with Gasteiger partial charge in [0.05, 0.1) is 5.56 Å². The number of esters is 1. The van der Waals surface area contributed by atoms with Crippen molar-refractivity contribution in [3.8, 4) is 0 Å². The highest BCUT2D eigenvalue weighted by Gasteiger charge is 2.21. The Labute approximate surface area is 166 Å². The molecule has 0 aliphatic heterocycles. The van der Waals surface area contributed by atoms with Crippen molar-refractivity contribution >= 4 is 44.3 Å². The molecule has 1 amide bonds. The highest BCUT2D eigenvalue weighted by Crippen LogP contribution is 2.25. The predicted molar refractivity (Wildman–Crippen MR) is 111 cm³/mol. The van der Waals surface area contributed by atoms with Gasteiger partial charge in [0.15, 0.2) is 0 Å². The smallest absolute Gasteiger partial charge is 0.339 e. The minimum Gasteiger partial charge on any atom is -0.456 e. The van der Waals surface area contributed by atoms with Gasteiger partial charge in [-0.1, -0.05) is 40.2 Å². The second-order valence-corrected chi connectivity index (χ2v) is 8.08. The Kier molecular flexibility index (Phi) is 5.33. The molecule has 0 unspecified atom stereocenters. The van der Waals surface area contributed by atoms with Crippen LogP contribution < -0.4 is 5.32 Å². The third-order valence-corrected chi connectivity index (χ3v) is 4.42. The normalized spacial score (nSPS) is 11.3. The highest BCUT2D eigenvalue weighted by atomic mass is 79.9. The number of carbonyl (C=O) groups is 2. The molecule has 5 heteroatoms. The standard InChI is InChI=1S/C22H20BrNO3/c1-22(2,3)27-21(26)19-9-5-6-16-17(19)7-4-8-18(16)20(25)24-15-12-10-14(23)11-13-15/h4-13H,1-3H3,(H,24,25). The number of nitrogens with one attached hydrogen (secondary N) is 1. The van der Waals surface area contributed by atoms with Crippen LogP contribution in [0.1, 0.15) is 41.5 Å². The maximum Gasteiger partial charge on any atom is 0.339 e. The molecule has 0 bridgehead atoms. The number of hydrogen-bond acceptors (Lipinski definition) is 3. The number of hydrogen-bond donors (Lipinski definition) is 1. The SMILES string of the molecule is CC(C)(C)OC(=O)c1cccc2c(C(=O)Nc3ccc(Br)cc3)cccc12. The first-order chi connectivity index (χ1) is 12.7. The van der Waals surface area contributed by atoms with E-state index < -0.39 is 11.6 Å². The number of amides is 1. The van der Waals surface area contributed by atoms with E-state index in [9.17, 15) is 9.59 Å². The van der Waals surface area contributed by atoms with Crippen molar-refractivity contribution < 1.29 is 14.3 Å². The van der Waals surface area contributed by atoms with Gasteiger partial charge in [-0.3, -0.25) is 4.79 Å². The average molecular weight is 426 g/mol. The molecule has 3 rings (SSSR count). The molecule has 0 saturated heterocycles. The summed E-state index contributed by atoms with van der Waals surface area (Å²) in [6, 6.07) is 18.0. The molecule has 3 aromatic carbocycles. The number of benzene rings is 3. The number of fused-ring (bicyclic) bond motifs is 1. The van der Waals surface area contributed by atoms with Crippen LogP contribution in [0.4, 0.5) is 5.69 Å². The summed E-state index contributed by atoms with van der Waals surface area (Å²) in [4.78, 5) is 25.3. The van der Waals surface area contributed by atoms with E-state index in [0.717, 1.165) is 4.47 Å². The molecule has 1 N–H and O–H groups in total. The van der Waals surface area contributed by atoms with Crippen LogP contribution in [0, 0.1) is 0 Å². The maximum absolute atomic E-state index is 12.8. The average Bonchev–Trinajstić information content (AvgIpc) is 2.61. The minimum atomic E-state index is -0.587. The Morgan fingerprint density at radius 2 is 1.41 bits per heavy atom. The summed E-state index contributed by atoms with van der Waals surface area (Å²) in [6.45, 7) is 5.48. The summed E-state index contributed by atoms with van der Waals surface area (Å²) in [5.74, 6) is -0.636. The molecular formula is C22H20BrNO3. The van der Waals surface area contributed by atoms with E-state index in [-0.39, 0.29) is 5.91 Å². The van der Waals surface area contributed by atoms with Gasteiger partial charge in [-0.25, -0.2) is 4.79 Å². The van der Waals surface area contributed by atoms with Crippen molar-refractivity contribution in [1.29, 1.82) is 0 Å². The molecule has 0 aliphatic rings. The Hall–Kier alpha value is -2.66. The summed E-state index contributed by atoms with van der Waals surface area (Å²) < 4.78 is 6.43. The van der Waals surface area contributed by atoms with Gasteiger partial charge in [-0.2, -0.15) is 0 Å². The molecule has 3 aromatic rings. The molecule has 0 saturated carbocycles. The zero-order valence-corrected chi connectivity index (χ0v) is 17.0. The molecule has 0 spiro atoms. The lowest BCUT2D eigenvalue weighted by atomic mass is 9.99. The molecule has 0 heterocycles. The maximum atomic E-state index is 12.8. The lowest BCUT2D eigenvalue weighted by Crippen LogP contribution is -2.24. The van der Waals surface area contributed by atoms with Gasteiger partial charge >= 0.3 is 5.97 Å². The first-order valence-corrected chi connectivity index (χ1v) is 9.36. The van der Waals surface area contributed by atoms with Crippen LogP contribution >= 0.6 is 15.9 Å². The predicted octanol–water partition coefficient (Wildman–Crippen LogP) is 5.81. The van der Waals surface area contributed by atoms with Gasteiger partial charge < -0.3 is 10.1 Å². The summed E-state index contributed by atoms with van der Waals surface area (Å²) in [5, 5.41) is 4.28. The van der Waals surface area contributed by atoms with Gasteiger partial charge in [0.25, 0.3) is 5.91 Å². The lowest BCUT2D eigenvalue weighted by molar-refractivity contribution is 0.00717. The fourth-order valence-corrected chi connectivity index (χ4v) is 3.02. The molecule has 0 aliphatic carbocycles. The fourth-order valence-electron chi connectivity index (χ4n) is 2.75. The number of carbonyl (C=O) groups excluding carboxylic acids is 2. The number of ether oxygens (including phenoxy) is 1. The van der Waals surface area contributed by atoms with E-state index in [1.54, 1.807) is 24.3 Å². The second-order valence-electron chi connectivity index (χ2n) is 7.17. The Balaban J connectivity index is 1.97. The Morgan fingerprint density at radius 3 is 2.00 bits per heavy atom. The largest absolute Gasteiger partial charge is 0.456 e. The molecule has 4 nitrogen and oxygen atoms in total. The van der Waals surface area contributed by atoms with Gasteiger partial charge in [0.1, 0.15) is 5.60 Å². The Morgan fingerprint density at radius 1 is 0.852 bits per heavy atom. The van der Waals surface area contributed by atoms with Crippen LogP contribution in [0.2, 0.25) is 0 Å². The summed E-state index contributed by atoms with van der Waals surface area (Å²) in [6.07, 6.45) is 0. The van der Waals surface area contributed by atoms with Crippen LogP contribution in [0.25, 0.3) is 10.8 Å². The molecule has 0 aromatic heterocycles. The number of rotatable bonds is 3. The zero-order chi connectivity index (χ0) is 19.6. The van der Waals surface area contributed by atoms with Crippen molar-refractivity contribution in [1.82, 2.24) is 0 Å². The van der Waals surface area contributed by atoms with Crippen LogP contribution in [0.15, 0.2) is 65.1 Å². The third-order valence-electron chi connectivity index (χ3n) is 3.89. The van der Waals surface area contributed by atoms with E-state index in [1.807, 2.05) is 57.2 Å². The van der Waals surface area contributed by atoms with Crippen LogP contribution in [-0.4, -0.2) is 17.5 Å². The fraction of sp³-hybridized carbons (Fsp3) is 0.182. The number of halogens is 1. The van der Waals surface area contributed by atoms with Gasteiger partial charge in [0.2, 0.25) is 0 Å². The van der Waals surface area contributed by atoms with E-state index in [2.05, 4.69) is 21.2 Å². The molecular weight excluding hydrogens is 406 g/mol. The van der Waals surface area contributed by atoms with Crippen LogP contribution in [-0.2, 0) is 4.74 Å². The van der Waals surface area contributed by atoms with Crippen LogP contribution in [0.3, 0.4) is 0 Å². The molecule has 0 fully saturated rings. The van der Waals surface area contributed by atoms with Gasteiger partial charge in [-0.15, -0.1) is 0 Å². The Bertz CT molecular complexity index is 1000. The highest BCUT2D eigenvalue weighted by molar-refractivity contribution is 9.10. The third kappa shape index (κ3) is 4.55. The van der Waals surface area contributed by atoms with E-state index in [0.29, 0.717) is 27.6 Å². The summed E-state index contributed by atoms with van der Waals surface area (Å²) in [7, 11) is 0. The first kappa shape index (κ1) is 19.1. The topological polar surface area (TPSA) is 55.4 Å². The van der Waals surface area contributed by atoms with Crippen molar-refractivity contribution in [2.24, 2.45) is 0 Å². The quantitative estimate of drug-likeness (QED) is 0.538. The molecule has 0 radical (unpaired) electrons. The lowest BCUT2D eigenvalue weighted by Gasteiger charge is -2.20. The summed E-state index contributed by atoms with van der Waals surface area (Å²) in [5.41, 5.74) is 1.06. The first-order valence-electron chi connectivity index (χ1n) is 8.56. The van der Waals surface area contributed by atoms with Crippen molar-refractivity contribution in [2.75, 3.05) is 5.32 Å². The van der Waals surface area contributed by atoms with E-state index in [4.69, 9.17) is 4.74 Å². The molecule has 27 heavy (non-hydrogen) atoms. The van der Waals surface area contributed by atoms with Gasteiger partial charge in [-0.05, 0) is 67.9 Å². The second kappa shape index (κ2) is 7.53. The molecule has 0 atom stereocenters. The number of anilines is 1. The van der Waals surface area contributed by atoms with E-state index >= 15 is 0 Å². The minimum absolute atomic E-state index is 0.232. The van der Waals surface area contributed by atoms with Crippen LogP contribution in [0.5, 0.6) is 0 Å². The zero-order valence-electron chi connectivity index (χ0n) is 15.4. The monoisotopic (exact) mass is 425 g/mol. The van der Waals surface area contributed by atoms with E-state index in [1.165, 1.54) is 0 Å². The van der Waals surface area contributed by atoms with Crippen molar-refractivity contribution in [3.05, 3.63) is 76.3 Å².